The Morgan fingerprint density at radius 1 is 0.915 bits per heavy atom. The third kappa shape index (κ3) is 9.53. The van der Waals surface area contributed by atoms with E-state index in [0.29, 0.717) is 69.7 Å². The molecule has 3 aromatic carbocycles. The van der Waals surface area contributed by atoms with Crippen molar-refractivity contribution in [1.82, 2.24) is 25.3 Å². The Kier molecular flexibility index (Phi) is 11.8. The first kappa shape index (κ1) is 33.4. The summed E-state index contributed by atoms with van der Waals surface area (Å²) in [6.45, 7) is 3.48. The maximum atomic E-state index is 14.0. The Bertz CT molecular complexity index is 1620. The van der Waals surface area contributed by atoms with Gasteiger partial charge in [0.1, 0.15) is 12.4 Å². The molecule has 1 fully saturated rings. The second kappa shape index (κ2) is 16.6. The van der Waals surface area contributed by atoms with Gasteiger partial charge in [0, 0.05) is 43.9 Å². The van der Waals surface area contributed by atoms with Gasteiger partial charge in [0.25, 0.3) is 5.91 Å². The number of halogens is 1. The van der Waals surface area contributed by atoms with Crippen LogP contribution in [0.4, 0.5) is 9.18 Å². The van der Waals surface area contributed by atoms with Gasteiger partial charge in [0.15, 0.2) is 0 Å². The molecule has 47 heavy (non-hydrogen) atoms. The summed E-state index contributed by atoms with van der Waals surface area (Å²) in [5.41, 5.74) is 8.47. The predicted molar refractivity (Wildman–Crippen MR) is 172 cm³/mol. The van der Waals surface area contributed by atoms with E-state index in [1.807, 2.05) is 48.5 Å². The van der Waals surface area contributed by atoms with E-state index in [9.17, 15) is 18.8 Å². The summed E-state index contributed by atoms with van der Waals surface area (Å²) in [4.78, 5) is 47.1. The lowest BCUT2D eigenvalue weighted by atomic mass is 10.0. The first-order chi connectivity index (χ1) is 22.9. The largest absolute Gasteiger partial charge is 0.445 e. The first-order valence-corrected chi connectivity index (χ1v) is 15.8. The standard InChI is InChI=1S/C35H39FN6O5/c36-29-11-5-4-10-28(29)23-41-18-20-42(21-19-41)34(44)27-15-13-25(14-16-27)22-31-39-33(40-47-31)32(43)30(12-6-7-17-37)38-35(45)46-24-26-8-2-1-3-9-26/h1-5,8-11,13-16,30H,6-7,12,17-24,37H2,(H,38,45)/t30-/m0/s1. The first-order valence-electron chi connectivity index (χ1n) is 15.8. The van der Waals surface area contributed by atoms with Crippen molar-refractivity contribution in [3.8, 4) is 0 Å². The van der Waals surface area contributed by atoms with Gasteiger partial charge in [-0.15, -0.1) is 0 Å². The summed E-state index contributed by atoms with van der Waals surface area (Å²) in [5, 5.41) is 6.50. The summed E-state index contributed by atoms with van der Waals surface area (Å²) in [5.74, 6) is -0.676. The topological polar surface area (TPSA) is 144 Å². The molecule has 0 radical (unpaired) electrons. The second-order valence-corrected chi connectivity index (χ2v) is 11.5. The van der Waals surface area contributed by atoms with Crippen LogP contribution in [0.2, 0.25) is 0 Å². The number of nitrogens with two attached hydrogens (primary N) is 1. The Morgan fingerprint density at radius 2 is 1.64 bits per heavy atom. The van der Waals surface area contributed by atoms with E-state index in [4.69, 9.17) is 15.0 Å². The van der Waals surface area contributed by atoms with Crippen molar-refractivity contribution < 1.29 is 28.0 Å². The Morgan fingerprint density at radius 3 is 2.36 bits per heavy atom. The molecule has 11 nitrogen and oxygen atoms in total. The van der Waals surface area contributed by atoms with Crippen molar-refractivity contribution in [1.29, 1.82) is 0 Å². The number of nitrogens with zero attached hydrogens (tertiary/aromatic N) is 4. The monoisotopic (exact) mass is 642 g/mol. The number of amides is 2. The average Bonchev–Trinajstić information content (AvgIpc) is 3.57. The summed E-state index contributed by atoms with van der Waals surface area (Å²) in [6, 6.07) is 22.2. The van der Waals surface area contributed by atoms with E-state index in [1.165, 1.54) is 6.07 Å². The van der Waals surface area contributed by atoms with Gasteiger partial charge in [0.2, 0.25) is 17.5 Å². The summed E-state index contributed by atoms with van der Waals surface area (Å²) in [7, 11) is 0. The number of nitrogens with one attached hydrogen (secondary N) is 1. The third-order valence-corrected chi connectivity index (χ3v) is 8.02. The Labute approximate surface area is 272 Å². The minimum atomic E-state index is -0.901. The number of rotatable bonds is 14. The van der Waals surface area contributed by atoms with Gasteiger partial charge in [-0.3, -0.25) is 14.5 Å². The van der Waals surface area contributed by atoms with Crippen molar-refractivity contribution >= 4 is 17.8 Å². The maximum absolute atomic E-state index is 14.0. The number of benzene rings is 3. The van der Waals surface area contributed by atoms with Crippen LogP contribution in [-0.4, -0.2) is 76.5 Å². The molecule has 4 aromatic rings. The number of hydrogen-bond acceptors (Lipinski definition) is 9. The molecule has 0 spiro atoms. The molecule has 12 heteroatoms. The molecule has 0 saturated carbocycles. The Hall–Kier alpha value is -4.94. The van der Waals surface area contributed by atoms with Gasteiger partial charge in [-0.25, -0.2) is 9.18 Å². The molecule has 5 rings (SSSR count). The fourth-order valence-corrected chi connectivity index (χ4v) is 5.35. The molecule has 0 unspecified atom stereocenters. The van der Waals surface area contributed by atoms with Gasteiger partial charge < -0.3 is 25.2 Å². The molecule has 246 valence electrons. The molecule has 2 heterocycles. The van der Waals surface area contributed by atoms with Crippen LogP contribution in [0.25, 0.3) is 0 Å². The normalized spacial score (nSPS) is 14.0. The highest BCUT2D eigenvalue weighted by atomic mass is 19.1. The smallest absolute Gasteiger partial charge is 0.408 e. The second-order valence-electron chi connectivity index (χ2n) is 11.5. The zero-order valence-corrected chi connectivity index (χ0v) is 26.1. The number of aromatic nitrogens is 2. The van der Waals surface area contributed by atoms with E-state index in [-0.39, 0.29) is 36.5 Å². The van der Waals surface area contributed by atoms with Crippen molar-refractivity contribution in [2.24, 2.45) is 5.73 Å². The number of piperazine rings is 1. The fourth-order valence-electron chi connectivity index (χ4n) is 5.35. The van der Waals surface area contributed by atoms with E-state index in [1.54, 1.807) is 29.2 Å². The van der Waals surface area contributed by atoms with Crippen molar-refractivity contribution in [3.63, 3.8) is 0 Å². The van der Waals surface area contributed by atoms with Gasteiger partial charge in [-0.2, -0.15) is 4.98 Å². The number of ketones is 1. The van der Waals surface area contributed by atoms with Crippen LogP contribution >= 0.6 is 0 Å². The summed E-state index contributed by atoms with van der Waals surface area (Å²) >= 11 is 0. The third-order valence-electron chi connectivity index (χ3n) is 8.02. The highest BCUT2D eigenvalue weighted by molar-refractivity contribution is 5.98. The molecule has 1 saturated heterocycles. The van der Waals surface area contributed by atoms with E-state index in [0.717, 1.165) is 11.1 Å². The molecule has 3 N–H and O–H groups in total. The fraction of sp³-hybridized carbons (Fsp3) is 0.343. The molecule has 2 amide bonds. The highest BCUT2D eigenvalue weighted by Crippen LogP contribution is 2.16. The highest BCUT2D eigenvalue weighted by Gasteiger charge is 2.27. The quantitative estimate of drug-likeness (QED) is 0.151. The van der Waals surface area contributed by atoms with Crippen LogP contribution in [-0.2, 0) is 24.3 Å². The number of Topliss-reactive ketones (excluding diaryl/α,β-unsaturated/α-hetero) is 1. The van der Waals surface area contributed by atoms with E-state index < -0.39 is 17.9 Å². The van der Waals surface area contributed by atoms with Gasteiger partial charge in [-0.1, -0.05) is 65.8 Å². The Balaban J connectivity index is 1.12. The van der Waals surface area contributed by atoms with Crippen LogP contribution in [0, 0.1) is 5.82 Å². The number of carbonyl (C=O) groups is 3. The summed E-state index contributed by atoms with van der Waals surface area (Å²) < 4.78 is 24.7. The average molecular weight is 643 g/mol. The molecule has 0 aliphatic carbocycles. The minimum absolute atomic E-state index is 0.0664. The zero-order valence-electron chi connectivity index (χ0n) is 26.1. The van der Waals surface area contributed by atoms with Crippen LogP contribution in [0.3, 0.4) is 0 Å². The van der Waals surface area contributed by atoms with Crippen LogP contribution in [0.1, 0.15) is 62.8 Å². The lowest BCUT2D eigenvalue weighted by molar-refractivity contribution is 0.0627. The molecule has 1 atom stereocenters. The molecule has 1 aliphatic rings. The molecule has 1 aromatic heterocycles. The van der Waals surface area contributed by atoms with Crippen LogP contribution in [0.5, 0.6) is 0 Å². The number of alkyl carbamates (subject to hydrolysis) is 1. The van der Waals surface area contributed by atoms with Gasteiger partial charge >= 0.3 is 6.09 Å². The SMILES string of the molecule is NCCCC[C@H](NC(=O)OCc1ccccc1)C(=O)c1noc(Cc2ccc(C(=O)N3CCN(Cc4ccccc4F)CC3)cc2)n1. The molecular formula is C35H39FN6O5. The molecule has 1 aliphatic heterocycles. The van der Waals surface area contributed by atoms with Crippen molar-refractivity contribution in [2.75, 3.05) is 32.7 Å². The number of unbranched alkanes of at least 4 members (excludes halogenated alkanes) is 1. The number of carbonyl (C=O) groups excluding carboxylic acids is 3. The van der Waals surface area contributed by atoms with Crippen LogP contribution in [0.15, 0.2) is 83.4 Å². The van der Waals surface area contributed by atoms with E-state index >= 15 is 0 Å². The number of hydrogen-bond donors (Lipinski definition) is 2. The molecular weight excluding hydrogens is 603 g/mol. The lowest BCUT2D eigenvalue weighted by Crippen LogP contribution is -2.48. The van der Waals surface area contributed by atoms with Gasteiger partial charge in [-0.05, 0) is 55.1 Å². The minimum Gasteiger partial charge on any atom is -0.445 e. The predicted octanol–water partition coefficient (Wildman–Crippen LogP) is 4.36. The van der Waals surface area contributed by atoms with E-state index in [2.05, 4.69) is 20.4 Å². The number of ether oxygens (including phenoxy) is 1. The van der Waals surface area contributed by atoms with Crippen LogP contribution < -0.4 is 11.1 Å². The lowest BCUT2D eigenvalue weighted by Gasteiger charge is -2.34. The summed E-state index contributed by atoms with van der Waals surface area (Å²) in [6.07, 6.45) is 1.18. The van der Waals surface area contributed by atoms with Gasteiger partial charge in [0.05, 0.1) is 12.5 Å². The zero-order chi connectivity index (χ0) is 33.0. The maximum Gasteiger partial charge on any atom is 0.408 e. The van der Waals surface area contributed by atoms with Crippen molar-refractivity contribution in [3.05, 3.63) is 119 Å². The molecule has 0 bridgehead atoms. The van der Waals surface area contributed by atoms with Crippen molar-refractivity contribution in [2.45, 2.75) is 44.9 Å².